The molecule has 0 aliphatic rings. The Labute approximate surface area is 98.1 Å². The maximum Gasteiger partial charge on any atom is 0.257 e. The van der Waals surface area contributed by atoms with Crippen LogP contribution in [-0.4, -0.2) is 21.2 Å². The van der Waals surface area contributed by atoms with E-state index in [1.165, 1.54) is 18.5 Å². The maximum atomic E-state index is 11.8. The van der Waals surface area contributed by atoms with Gasteiger partial charge < -0.3 is 10.4 Å². The molecule has 5 heteroatoms. The molecule has 0 saturated carbocycles. The maximum absolute atomic E-state index is 11.8. The van der Waals surface area contributed by atoms with Gasteiger partial charge in [0.25, 0.3) is 5.91 Å². The minimum atomic E-state index is -0.259. The molecular formula is C12H11N3O2. The molecular weight excluding hydrogens is 218 g/mol. The molecule has 17 heavy (non-hydrogen) atoms. The van der Waals surface area contributed by atoms with Crippen molar-refractivity contribution >= 4 is 11.6 Å². The number of amides is 1. The van der Waals surface area contributed by atoms with Crippen LogP contribution in [0, 0.1) is 6.92 Å². The third-order valence-corrected chi connectivity index (χ3v) is 2.30. The van der Waals surface area contributed by atoms with E-state index in [0.29, 0.717) is 16.8 Å². The number of rotatable bonds is 2. The Balaban J connectivity index is 2.16. The highest BCUT2D eigenvalue weighted by molar-refractivity contribution is 6.04. The van der Waals surface area contributed by atoms with Gasteiger partial charge in [0.2, 0.25) is 0 Å². The van der Waals surface area contributed by atoms with E-state index < -0.39 is 0 Å². The number of carbonyl (C=O) groups is 1. The number of anilines is 1. The highest BCUT2D eigenvalue weighted by atomic mass is 16.3. The molecule has 0 bridgehead atoms. The molecule has 86 valence electrons. The van der Waals surface area contributed by atoms with Crippen molar-refractivity contribution in [2.45, 2.75) is 6.92 Å². The predicted octanol–water partition coefficient (Wildman–Crippen LogP) is 1.74. The number of benzene rings is 1. The van der Waals surface area contributed by atoms with E-state index in [-0.39, 0.29) is 11.7 Å². The van der Waals surface area contributed by atoms with Gasteiger partial charge in [-0.15, -0.1) is 0 Å². The number of carbonyl (C=O) groups excluding carboxylic acids is 1. The number of aryl methyl sites for hydroxylation is 1. The van der Waals surface area contributed by atoms with Crippen LogP contribution >= 0.6 is 0 Å². The molecule has 1 amide bonds. The number of hydrogen-bond donors (Lipinski definition) is 2. The van der Waals surface area contributed by atoms with Gasteiger partial charge in [-0.25, -0.2) is 0 Å². The van der Waals surface area contributed by atoms with Crippen molar-refractivity contribution in [3.63, 3.8) is 0 Å². The topological polar surface area (TPSA) is 75.1 Å². The summed E-state index contributed by atoms with van der Waals surface area (Å²) < 4.78 is 0. The first-order chi connectivity index (χ1) is 8.16. The number of nitrogens with zero attached hydrogens (tertiary/aromatic N) is 2. The Bertz CT molecular complexity index is 541. The molecule has 5 nitrogen and oxygen atoms in total. The van der Waals surface area contributed by atoms with Crippen molar-refractivity contribution in [3.05, 3.63) is 47.8 Å². The van der Waals surface area contributed by atoms with Crippen molar-refractivity contribution in [2.75, 3.05) is 5.32 Å². The summed E-state index contributed by atoms with van der Waals surface area (Å²) in [5, 5.41) is 19.3. The molecule has 0 atom stereocenters. The third kappa shape index (κ3) is 2.57. The summed E-state index contributed by atoms with van der Waals surface area (Å²) in [4.78, 5) is 11.8. The molecule has 0 unspecified atom stereocenters. The summed E-state index contributed by atoms with van der Waals surface area (Å²) in [5.74, 6) is -0.0569. The van der Waals surface area contributed by atoms with E-state index in [2.05, 4.69) is 15.5 Å². The van der Waals surface area contributed by atoms with Gasteiger partial charge in [0.05, 0.1) is 18.0 Å². The highest BCUT2D eigenvalue weighted by Gasteiger charge is 2.06. The molecule has 0 saturated heterocycles. The highest BCUT2D eigenvalue weighted by Crippen LogP contribution is 2.20. The van der Waals surface area contributed by atoms with Crippen LogP contribution in [0.4, 0.5) is 5.69 Å². The van der Waals surface area contributed by atoms with Gasteiger partial charge in [-0.05, 0) is 36.8 Å². The van der Waals surface area contributed by atoms with Crippen LogP contribution in [0.3, 0.4) is 0 Å². The van der Waals surface area contributed by atoms with E-state index in [4.69, 9.17) is 0 Å². The van der Waals surface area contributed by atoms with Crippen LogP contribution in [0.15, 0.2) is 36.7 Å². The zero-order valence-corrected chi connectivity index (χ0v) is 9.21. The lowest BCUT2D eigenvalue weighted by Gasteiger charge is -2.06. The Morgan fingerprint density at radius 2 is 2.12 bits per heavy atom. The summed E-state index contributed by atoms with van der Waals surface area (Å²) >= 11 is 0. The van der Waals surface area contributed by atoms with Gasteiger partial charge >= 0.3 is 0 Å². The summed E-state index contributed by atoms with van der Waals surface area (Å²) in [6.45, 7) is 1.76. The van der Waals surface area contributed by atoms with E-state index in [0.717, 1.165) is 0 Å². The van der Waals surface area contributed by atoms with E-state index in [1.54, 1.807) is 25.1 Å². The first kappa shape index (κ1) is 11.1. The molecule has 2 aromatic rings. The first-order valence-electron chi connectivity index (χ1n) is 5.04. The molecule has 1 aromatic carbocycles. The van der Waals surface area contributed by atoms with E-state index >= 15 is 0 Å². The van der Waals surface area contributed by atoms with Crippen LogP contribution in [0.1, 0.15) is 15.9 Å². The molecule has 0 radical (unpaired) electrons. The standard InChI is InChI=1S/C12H11N3O2/c1-8-6-10(2-3-11(8)16)15-12(17)9-4-5-13-14-7-9/h2-7,16H,1H3,(H,15,17). The fraction of sp³-hybridized carbons (Fsp3) is 0.0833. The Hall–Kier alpha value is -2.43. The zero-order valence-electron chi connectivity index (χ0n) is 9.21. The summed E-state index contributed by atoms with van der Waals surface area (Å²) in [5.41, 5.74) is 1.77. The quantitative estimate of drug-likeness (QED) is 0.769. The zero-order chi connectivity index (χ0) is 12.3. The number of phenolic OH excluding ortho intramolecular Hbond substituents is 1. The second-order valence-electron chi connectivity index (χ2n) is 3.59. The molecule has 1 aromatic heterocycles. The minimum Gasteiger partial charge on any atom is -0.508 e. The second-order valence-corrected chi connectivity index (χ2v) is 3.59. The van der Waals surface area contributed by atoms with E-state index in [9.17, 15) is 9.90 Å². The second kappa shape index (κ2) is 4.61. The average Bonchev–Trinajstić information content (AvgIpc) is 2.35. The van der Waals surface area contributed by atoms with Gasteiger partial charge in [0, 0.05) is 5.69 Å². The van der Waals surface area contributed by atoms with Crippen molar-refractivity contribution in [1.82, 2.24) is 10.2 Å². The van der Waals surface area contributed by atoms with Crippen molar-refractivity contribution < 1.29 is 9.90 Å². The Morgan fingerprint density at radius 1 is 1.29 bits per heavy atom. The number of nitrogens with one attached hydrogen (secondary N) is 1. The van der Waals surface area contributed by atoms with Crippen LogP contribution in [0.2, 0.25) is 0 Å². The molecule has 2 rings (SSSR count). The summed E-state index contributed by atoms with van der Waals surface area (Å²) in [6.07, 6.45) is 2.85. The number of phenols is 1. The van der Waals surface area contributed by atoms with Crippen LogP contribution in [0.5, 0.6) is 5.75 Å². The smallest absolute Gasteiger partial charge is 0.257 e. The van der Waals surface area contributed by atoms with Gasteiger partial charge in [0.1, 0.15) is 5.75 Å². The molecule has 0 spiro atoms. The van der Waals surface area contributed by atoms with Gasteiger partial charge in [-0.1, -0.05) is 0 Å². The molecule has 1 heterocycles. The summed E-state index contributed by atoms with van der Waals surface area (Å²) in [6, 6.07) is 6.45. The number of hydrogen-bond acceptors (Lipinski definition) is 4. The fourth-order valence-electron chi connectivity index (χ4n) is 1.36. The first-order valence-corrected chi connectivity index (χ1v) is 5.04. The third-order valence-electron chi connectivity index (χ3n) is 2.30. The van der Waals surface area contributed by atoms with Crippen molar-refractivity contribution in [3.8, 4) is 5.75 Å². The lowest BCUT2D eigenvalue weighted by atomic mass is 10.2. The molecule has 2 N–H and O–H groups in total. The number of aromatic nitrogens is 2. The van der Waals surface area contributed by atoms with Crippen LogP contribution in [0.25, 0.3) is 0 Å². The van der Waals surface area contributed by atoms with Crippen LogP contribution < -0.4 is 5.32 Å². The van der Waals surface area contributed by atoms with Gasteiger partial charge in [0.15, 0.2) is 0 Å². The average molecular weight is 229 g/mol. The monoisotopic (exact) mass is 229 g/mol. The Morgan fingerprint density at radius 3 is 2.76 bits per heavy atom. The van der Waals surface area contributed by atoms with E-state index in [1.807, 2.05) is 0 Å². The Kier molecular flexibility index (Phi) is 3.00. The normalized spacial score (nSPS) is 9.94. The fourth-order valence-corrected chi connectivity index (χ4v) is 1.36. The lowest BCUT2D eigenvalue weighted by molar-refractivity contribution is 0.102. The van der Waals surface area contributed by atoms with Gasteiger partial charge in [-0.2, -0.15) is 10.2 Å². The summed E-state index contributed by atoms with van der Waals surface area (Å²) in [7, 11) is 0. The largest absolute Gasteiger partial charge is 0.508 e. The van der Waals surface area contributed by atoms with Crippen molar-refractivity contribution in [2.24, 2.45) is 0 Å². The molecule has 0 fully saturated rings. The molecule has 0 aliphatic carbocycles. The minimum absolute atomic E-state index is 0.202. The van der Waals surface area contributed by atoms with Gasteiger partial charge in [-0.3, -0.25) is 4.79 Å². The molecule has 0 aliphatic heterocycles. The lowest BCUT2D eigenvalue weighted by Crippen LogP contribution is -2.12. The number of aromatic hydroxyl groups is 1. The SMILES string of the molecule is Cc1cc(NC(=O)c2ccnnc2)ccc1O. The van der Waals surface area contributed by atoms with Crippen LogP contribution in [-0.2, 0) is 0 Å². The van der Waals surface area contributed by atoms with Crippen molar-refractivity contribution in [1.29, 1.82) is 0 Å². The predicted molar refractivity (Wildman–Crippen MR) is 62.8 cm³/mol.